The summed E-state index contributed by atoms with van der Waals surface area (Å²) in [5.41, 5.74) is -1.06. The van der Waals surface area contributed by atoms with Gasteiger partial charge in [0.05, 0.1) is 11.2 Å². The topological polar surface area (TPSA) is 49.3 Å². The molecular formula is C13H17ClFNO2. The Morgan fingerprint density at radius 1 is 1.56 bits per heavy atom. The molecule has 0 saturated heterocycles. The average Bonchev–Trinajstić information content (AvgIpc) is 2.26. The largest absolute Gasteiger partial charge is 0.388 e. The van der Waals surface area contributed by atoms with Gasteiger partial charge in [-0.25, -0.2) is 4.39 Å². The van der Waals surface area contributed by atoms with Crippen molar-refractivity contribution in [1.29, 1.82) is 0 Å². The Morgan fingerprint density at radius 3 is 2.78 bits per heavy atom. The number of rotatable bonds is 5. The van der Waals surface area contributed by atoms with Gasteiger partial charge in [0.1, 0.15) is 5.82 Å². The molecule has 0 aliphatic carbocycles. The van der Waals surface area contributed by atoms with Crippen LogP contribution in [-0.2, 0) is 0 Å². The van der Waals surface area contributed by atoms with Gasteiger partial charge in [0, 0.05) is 11.6 Å². The van der Waals surface area contributed by atoms with Crippen molar-refractivity contribution in [1.82, 2.24) is 5.32 Å². The first kappa shape index (κ1) is 14.9. The Balaban J connectivity index is 2.66. The Bertz CT molecular complexity index is 435. The van der Waals surface area contributed by atoms with E-state index in [2.05, 4.69) is 5.32 Å². The lowest BCUT2D eigenvalue weighted by Gasteiger charge is -2.22. The zero-order chi connectivity index (χ0) is 13.8. The molecule has 5 heteroatoms. The molecule has 0 bridgehead atoms. The lowest BCUT2D eigenvalue weighted by Crippen LogP contribution is -2.40. The minimum Gasteiger partial charge on any atom is -0.388 e. The van der Waals surface area contributed by atoms with Crippen LogP contribution < -0.4 is 5.32 Å². The van der Waals surface area contributed by atoms with Crippen LogP contribution in [0.15, 0.2) is 18.2 Å². The zero-order valence-corrected chi connectivity index (χ0v) is 11.2. The van der Waals surface area contributed by atoms with E-state index in [-0.39, 0.29) is 17.1 Å². The minimum atomic E-state index is -0.979. The maximum atomic E-state index is 13.5. The third-order valence-electron chi connectivity index (χ3n) is 2.59. The summed E-state index contributed by atoms with van der Waals surface area (Å²) in [6, 6.07) is 3.85. The fourth-order valence-corrected chi connectivity index (χ4v) is 1.83. The van der Waals surface area contributed by atoms with Crippen molar-refractivity contribution < 1.29 is 14.3 Å². The number of aliphatic hydroxyl groups is 1. The van der Waals surface area contributed by atoms with Gasteiger partial charge in [0.2, 0.25) is 0 Å². The third-order valence-corrected chi connectivity index (χ3v) is 2.83. The number of hydrogen-bond acceptors (Lipinski definition) is 2. The molecule has 1 rings (SSSR count). The second-order valence-corrected chi connectivity index (χ2v) is 4.99. The van der Waals surface area contributed by atoms with Gasteiger partial charge in [-0.3, -0.25) is 4.79 Å². The summed E-state index contributed by atoms with van der Waals surface area (Å²) in [6.07, 6.45) is 1.37. The SMILES string of the molecule is CCCC(C)(O)CNC(=O)c1ccc(Cl)cc1F. The van der Waals surface area contributed by atoms with Gasteiger partial charge >= 0.3 is 0 Å². The lowest BCUT2D eigenvalue weighted by molar-refractivity contribution is 0.0468. The molecule has 0 heterocycles. The van der Waals surface area contributed by atoms with Crippen molar-refractivity contribution in [2.45, 2.75) is 32.3 Å². The molecular weight excluding hydrogens is 257 g/mol. The van der Waals surface area contributed by atoms with Gasteiger partial charge in [0.25, 0.3) is 5.91 Å². The number of hydrogen-bond donors (Lipinski definition) is 2. The van der Waals surface area contributed by atoms with Gasteiger partial charge in [-0.15, -0.1) is 0 Å². The normalized spacial score (nSPS) is 14.1. The van der Waals surface area contributed by atoms with Crippen molar-refractivity contribution in [2.75, 3.05) is 6.54 Å². The molecule has 0 aliphatic heterocycles. The van der Waals surface area contributed by atoms with Gasteiger partial charge in [-0.1, -0.05) is 24.9 Å². The molecule has 2 N–H and O–H groups in total. The summed E-state index contributed by atoms with van der Waals surface area (Å²) in [6.45, 7) is 3.66. The predicted octanol–water partition coefficient (Wildman–Crippen LogP) is 2.76. The van der Waals surface area contributed by atoms with Crippen LogP contribution in [0.5, 0.6) is 0 Å². The summed E-state index contributed by atoms with van der Waals surface area (Å²) in [4.78, 5) is 11.7. The summed E-state index contributed by atoms with van der Waals surface area (Å²) in [5.74, 6) is -1.23. The number of amides is 1. The second kappa shape index (κ2) is 6.16. The van der Waals surface area contributed by atoms with Crippen molar-refractivity contribution >= 4 is 17.5 Å². The van der Waals surface area contributed by atoms with Crippen LogP contribution in [0.3, 0.4) is 0 Å². The number of nitrogens with one attached hydrogen (secondary N) is 1. The zero-order valence-electron chi connectivity index (χ0n) is 10.5. The standard InChI is InChI=1S/C13H17ClFNO2/c1-3-6-13(2,18)8-16-12(17)10-5-4-9(14)7-11(10)15/h4-5,7,18H,3,6,8H2,1-2H3,(H,16,17). The average molecular weight is 274 g/mol. The maximum absolute atomic E-state index is 13.5. The summed E-state index contributed by atoms with van der Waals surface area (Å²) >= 11 is 5.60. The quantitative estimate of drug-likeness (QED) is 0.867. The second-order valence-electron chi connectivity index (χ2n) is 4.55. The lowest BCUT2D eigenvalue weighted by atomic mass is 10.0. The van der Waals surface area contributed by atoms with E-state index in [0.717, 1.165) is 12.5 Å². The molecule has 3 nitrogen and oxygen atoms in total. The smallest absolute Gasteiger partial charge is 0.254 e. The first-order valence-electron chi connectivity index (χ1n) is 5.81. The highest BCUT2D eigenvalue weighted by Crippen LogP contribution is 2.15. The van der Waals surface area contributed by atoms with Crippen molar-refractivity contribution in [3.63, 3.8) is 0 Å². The van der Waals surface area contributed by atoms with Gasteiger partial charge < -0.3 is 10.4 Å². The molecule has 0 radical (unpaired) electrons. The van der Waals surface area contributed by atoms with Gasteiger partial charge in [0.15, 0.2) is 0 Å². The van der Waals surface area contributed by atoms with E-state index in [0.29, 0.717) is 6.42 Å². The Hall–Kier alpha value is -1.13. The molecule has 1 amide bonds. The molecule has 100 valence electrons. The maximum Gasteiger partial charge on any atom is 0.254 e. The van der Waals surface area contributed by atoms with Crippen LogP contribution >= 0.6 is 11.6 Å². The predicted molar refractivity (Wildman–Crippen MR) is 69.3 cm³/mol. The summed E-state index contributed by atoms with van der Waals surface area (Å²) in [5, 5.41) is 12.6. The van der Waals surface area contributed by atoms with E-state index >= 15 is 0 Å². The first-order chi connectivity index (χ1) is 8.35. The highest BCUT2D eigenvalue weighted by atomic mass is 35.5. The fourth-order valence-electron chi connectivity index (χ4n) is 1.67. The fraction of sp³-hybridized carbons (Fsp3) is 0.462. The minimum absolute atomic E-state index is 0.0771. The molecule has 1 unspecified atom stereocenters. The monoisotopic (exact) mass is 273 g/mol. The highest BCUT2D eigenvalue weighted by molar-refractivity contribution is 6.30. The van der Waals surface area contributed by atoms with Crippen LogP contribution in [0.2, 0.25) is 5.02 Å². The van der Waals surface area contributed by atoms with Crippen LogP contribution in [-0.4, -0.2) is 23.2 Å². The molecule has 0 aliphatic rings. The molecule has 1 atom stereocenters. The van der Waals surface area contributed by atoms with E-state index in [1.165, 1.54) is 12.1 Å². The van der Waals surface area contributed by atoms with E-state index in [1.807, 2.05) is 6.92 Å². The van der Waals surface area contributed by atoms with E-state index < -0.39 is 17.3 Å². The molecule has 18 heavy (non-hydrogen) atoms. The van der Waals surface area contributed by atoms with E-state index in [4.69, 9.17) is 11.6 Å². The van der Waals surface area contributed by atoms with Gasteiger partial charge in [-0.05, 0) is 31.5 Å². The van der Waals surface area contributed by atoms with Crippen molar-refractivity contribution in [2.24, 2.45) is 0 Å². The first-order valence-corrected chi connectivity index (χ1v) is 6.19. The van der Waals surface area contributed by atoms with Crippen LogP contribution in [0.4, 0.5) is 4.39 Å². The summed E-state index contributed by atoms with van der Waals surface area (Å²) < 4.78 is 13.5. The van der Waals surface area contributed by atoms with Crippen molar-refractivity contribution in [3.8, 4) is 0 Å². The molecule has 0 spiro atoms. The van der Waals surface area contributed by atoms with E-state index in [1.54, 1.807) is 6.92 Å². The highest BCUT2D eigenvalue weighted by Gasteiger charge is 2.21. The third kappa shape index (κ3) is 4.27. The van der Waals surface area contributed by atoms with Crippen molar-refractivity contribution in [3.05, 3.63) is 34.6 Å². The van der Waals surface area contributed by atoms with Gasteiger partial charge in [-0.2, -0.15) is 0 Å². The number of carbonyl (C=O) groups is 1. The number of halogens is 2. The Kier molecular flexibility index (Phi) is 5.11. The number of carbonyl (C=O) groups excluding carboxylic acids is 1. The molecule has 0 aromatic heterocycles. The number of benzene rings is 1. The Labute approximate surface area is 111 Å². The van der Waals surface area contributed by atoms with E-state index in [9.17, 15) is 14.3 Å². The summed E-state index contributed by atoms with van der Waals surface area (Å²) in [7, 11) is 0. The molecule has 0 fully saturated rings. The molecule has 1 aromatic carbocycles. The molecule has 0 saturated carbocycles. The molecule has 1 aromatic rings. The Morgan fingerprint density at radius 2 is 2.22 bits per heavy atom. The van der Waals surface area contributed by atoms with Crippen LogP contribution in [0.1, 0.15) is 37.0 Å². The van der Waals surface area contributed by atoms with Crippen LogP contribution in [0.25, 0.3) is 0 Å². The van der Waals surface area contributed by atoms with Crippen LogP contribution in [0, 0.1) is 5.82 Å².